The van der Waals surface area contributed by atoms with Crippen LogP contribution in [-0.2, 0) is 25.3 Å². The van der Waals surface area contributed by atoms with E-state index in [1.165, 1.54) is 0 Å². The number of ether oxygens (including phenoxy) is 3. The molecule has 0 aliphatic rings. The first-order chi connectivity index (χ1) is 19.9. The van der Waals surface area contributed by atoms with Crippen LogP contribution in [-0.4, -0.2) is 37.2 Å². The molecule has 230 valence electrons. The van der Waals surface area contributed by atoms with E-state index < -0.39 is 27.1 Å². The SMILES string of the molecule is CC(C)(C)C(=O)COc1ccc([S+](c2ccc(OCC(=O)C(C)(C)C)cc2)c2ccc(OCC(=O)C(C)(C)C)cc2)cc1. The average Bonchev–Trinajstić information content (AvgIpc) is 2.94. The Bertz CT molecular complexity index is 1210. The summed E-state index contributed by atoms with van der Waals surface area (Å²) in [5.41, 5.74) is -1.38. The molecule has 43 heavy (non-hydrogen) atoms. The first kappa shape index (κ1) is 33.9. The molecule has 0 spiro atoms. The summed E-state index contributed by atoms with van der Waals surface area (Å²) in [6, 6.07) is 23.4. The van der Waals surface area contributed by atoms with Crippen molar-refractivity contribution in [2.75, 3.05) is 19.8 Å². The lowest BCUT2D eigenvalue weighted by Gasteiger charge is -2.17. The Morgan fingerprint density at radius 1 is 0.442 bits per heavy atom. The van der Waals surface area contributed by atoms with Crippen LogP contribution in [0.5, 0.6) is 17.2 Å². The lowest BCUT2D eigenvalue weighted by Crippen LogP contribution is -2.26. The summed E-state index contributed by atoms with van der Waals surface area (Å²) in [5, 5.41) is 0. The summed E-state index contributed by atoms with van der Waals surface area (Å²) in [7, 11) is -0.487. The Balaban J connectivity index is 1.85. The Morgan fingerprint density at radius 2 is 0.651 bits per heavy atom. The molecule has 7 heteroatoms. The second-order valence-corrected chi connectivity index (χ2v) is 15.6. The number of rotatable bonds is 12. The van der Waals surface area contributed by atoms with E-state index in [0.29, 0.717) is 17.2 Å². The van der Waals surface area contributed by atoms with Crippen molar-refractivity contribution in [1.29, 1.82) is 0 Å². The zero-order chi connectivity index (χ0) is 32.0. The predicted octanol–water partition coefficient (Wildman–Crippen LogP) is 7.76. The van der Waals surface area contributed by atoms with E-state index >= 15 is 0 Å². The first-order valence-corrected chi connectivity index (χ1v) is 15.7. The largest absolute Gasteiger partial charge is 0.486 e. The summed E-state index contributed by atoms with van der Waals surface area (Å²) in [4.78, 5) is 40.1. The van der Waals surface area contributed by atoms with Gasteiger partial charge in [-0.15, -0.1) is 0 Å². The van der Waals surface area contributed by atoms with Crippen LogP contribution in [0.1, 0.15) is 62.3 Å². The minimum atomic E-state index is -0.487. The molecule has 0 radical (unpaired) electrons. The molecular formula is C36H45O6S+. The third-order valence-electron chi connectivity index (χ3n) is 6.80. The lowest BCUT2D eigenvalue weighted by molar-refractivity contribution is -0.128. The number of hydrogen-bond donors (Lipinski definition) is 0. The molecule has 0 N–H and O–H groups in total. The highest BCUT2D eigenvalue weighted by Crippen LogP contribution is 2.34. The normalized spacial score (nSPS) is 12.1. The molecule has 0 atom stereocenters. The first-order valence-electron chi connectivity index (χ1n) is 14.5. The fourth-order valence-electron chi connectivity index (χ4n) is 3.52. The van der Waals surface area contributed by atoms with Crippen molar-refractivity contribution in [2.24, 2.45) is 16.2 Å². The summed E-state index contributed by atoms with van der Waals surface area (Å²) < 4.78 is 17.3. The monoisotopic (exact) mass is 605 g/mol. The summed E-state index contributed by atoms with van der Waals surface area (Å²) in [6.07, 6.45) is 0. The fraction of sp³-hybridized carbons (Fsp3) is 0.417. The van der Waals surface area contributed by atoms with E-state index in [9.17, 15) is 14.4 Å². The topological polar surface area (TPSA) is 78.9 Å². The highest BCUT2D eigenvalue weighted by molar-refractivity contribution is 7.97. The molecule has 3 aromatic rings. The molecule has 3 rings (SSSR count). The van der Waals surface area contributed by atoms with Crippen molar-refractivity contribution in [1.82, 2.24) is 0 Å². The van der Waals surface area contributed by atoms with Gasteiger partial charge in [-0.25, -0.2) is 0 Å². The Hall–Kier alpha value is -3.58. The highest BCUT2D eigenvalue weighted by atomic mass is 32.2. The number of carbonyl (C=O) groups excluding carboxylic acids is 3. The van der Waals surface area contributed by atoms with Gasteiger partial charge >= 0.3 is 0 Å². The third-order valence-corrected chi connectivity index (χ3v) is 9.03. The van der Waals surface area contributed by atoms with Crippen LogP contribution in [0.4, 0.5) is 0 Å². The molecule has 0 aliphatic heterocycles. The fourth-order valence-corrected chi connectivity index (χ4v) is 5.56. The van der Waals surface area contributed by atoms with Crippen molar-refractivity contribution < 1.29 is 28.6 Å². The summed E-state index contributed by atoms with van der Waals surface area (Å²) in [5.74, 6) is 2.00. The van der Waals surface area contributed by atoms with Gasteiger partial charge in [0, 0.05) is 16.2 Å². The van der Waals surface area contributed by atoms with Crippen molar-refractivity contribution in [2.45, 2.75) is 77.0 Å². The van der Waals surface area contributed by atoms with Gasteiger partial charge < -0.3 is 14.2 Å². The molecule has 0 bridgehead atoms. The van der Waals surface area contributed by atoms with Crippen molar-refractivity contribution in [3.63, 3.8) is 0 Å². The second-order valence-electron chi connectivity index (χ2n) is 13.6. The lowest BCUT2D eigenvalue weighted by atomic mass is 9.91. The molecule has 0 fully saturated rings. The maximum atomic E-state index is 12.3. The number of Topliss-reactive ketones (excluding diaryl/α,β-unsaturated/α-hetero) is 3. The maximum absolute atomic E-state index is 12.3. The summed E-state index contributed by atoms with van der Waals surface area (Å²) >= 11 is 0. The molecule has 0 saturated carbocycles. The van der Waals surface area contributed by atoms with Gasteiger partial charge in [0.1, 0.15) is 37.1 Å². The predicted molar refractivity (Wildman–Crippen MR) is 171 cm³/mol. The van der Waals surface area contributed by atoms with Gasteiger partial charge in [-0.2, -0.15) is 0 Å². The minimum Gasteiger partial charge on any atom is -0.486 e. The number of carbonyl (C=O) groups is 3. The highest BCUT2D eigenvalue weighted by Gasteiger charge is 2.30. The van der Waals surface area contributed by atoms with E-state index in [2.05, 4.69) is 0 Å². The molecule has 0 saturated heterocycles. The van der Waals surface area contributed by atoms with Gasteiger partial charge in [0.2, 0.25) is 0 Å². The average molecular weight is 606 g/mol. The Kier molecular flexibility index (Phi) is 10.9. The van der Waals surface area contributed by atoms with Crippen LogP contribution in [0.3, 0.4) is 0 Å². The van der Waals surface area contributed by atoms with Gasteiger partial charge in [-0.1, -0.05) is 62.3 Å². The summed E-state index contributed by atoms with van der Waals surface area (Å²) in [6.45, 7) is 17.0. The molecular weight excluding hydrogens is 560 g/mol. The van der Waals surface area contributed by atoms with Gasteiger partial charge in [0.15, 0.2) is 32.0 Å². The number of hydrogen-bond acceptors (Lipinski definition) is 6. The van der Waals surface area contributed by atoms with Crippen molar-refractivity contribution >= 4 is 28.2 Å². The van der Waals surface area contributed by atoms with Crippen LogP contribution >= 0.6 is 0 Å². The van der Waals surface area contributed by atoms with Gasteiger partial charge in [0.25, 0.3) is 0 Å². The van der Waals surface area contributed by atoms with Crippen molar-refractivity contribution in [3.8, 4) is 17.2 Å². The second kappa shape index (κ2) is 13.8. The third kappa shape index (κ3) is 9.99. The molecule has 6 nitrogen and oxygen atoms in total. The zero-order valence-electron chi connectivity index (χ0n) is 26.9. The van der Waals surface area contributed by atoms with Crippen LogP contribution < -0.4 is 14.2 Å². The van der Waals surface area contributed by atoms with E-state index in [1.807, 2.05) is 135 Å². The molecule has 0 amide bonds. The molecule has 0 aromatic heterocycles. The van der Waals surface area contributed by atoms with E-state index in [-0.39, 0.29) is 37.2 Å². The quantitative estimate of drug-likeness (QED) is 0.196. The minimum absolute atomic E-state index is 0.0208. The van der Waals surface area contributed by atoms with Crippen LogP contribution in [0, 0.1) is 16.2 Å². The maximum Gasteiger partial charge on any atom is 0.175 e. The Morgan fingerprint density at radius 3 is 0.837 bits per heavy atom. The van der Waals surface area contributed by atoms with Gasteiger partial charge in [-0.05, 0) is 72.8 Å². The van der Waals surface area contributed by atoms with Crippen LogP contribution in [0.15, 0.2) is 87.5 Å². The van der Waals surface area contributed by atoms with E-state index in [1.54, 1.807) is 0 Å². The van der Waals surface area contributed by atoms with Gasteiger partial charge in [-0.3, -0.25) is 14.4 Å². The van der Waals surface area contributed by atoms with E-state index in [0.717, 1.165) is 14.7 Å². The molecule has 3 aromatic carbocycles. The smallest absolute Gasteiger partial charge is 0.175 e. The zero-order valence-corrected chi connectivity index (χ0v) is 27.7. The van der Waals surface area contributed by atoms with E-state index in [4.69, 9.17) is 14.2 Å². The molecule has 0 heterocycles. The standard InChI is InChI=1S/C36H45O6S/c1-34(2,3)31(37)22-40-25-10-16-28(17-11-25)43(29-18-12-26(13-19-29)41-23-32(38)35(4,5)6)30-20-14-27(15-21-30)42-24-33(39)36(7,8)9/h10-21H,22-24H2,1-9H3/q+1. The number of ketones is 3. The van der Waals surface area contributed by atoms with Crippen molar-refractivity contribution in [3.05, 3.63) is 72.8 Å². The van der Waals surface area contributed by atoms with Crippen LogP contribution in [0.2, 0.25) is 0 Å². The van der Waals surface area contributed by atoms with Gasteiger partial charge in [0.05, 0.1) is 10.9 Å². The number of benzene rings is 3. The van der Waals surface area contributed by atoms with Crippen LogP contribution in [0.25, 0.3) is 0 Å². The Labute approximate surface area is 259 Å². The molecule has 0 unspecified atom stereocenters. The molecule has 0 aliphatic carbocycles.